The summed E-state index contributed by atoms with van der Waals surface area (Å²) in [5.74, 6) is 0. The molecule has 2 nitrogen and oxygen atoms in total. The summed E-state index contributed by atoms with van der Waals surface area (Å²) >= 11 is 0. The van der Waals surface area contributed by atoms with Gasteiger partial charge in [0.1, 0.15) is 6.10 Å². The van der Waals surface area contributed by atoms with E-state index in [9.17, 15) is 18.3 Å². The zero-order valence-electron chi connectivity index (χ0n) is 12.3. The molecule has 21 heavy (non-hydrogen) atoms. The molecule has 1 unspecified atom stereocenters. The van der Waals surface area contributed by atoms with Gasteiger partial charge in [-0.05, 0) is 43.0 Å². The molecule has 0 saturated heterocycles. The monoisotopic (exact) mass is 302 g/mol. The summed E-state index contributed by atoms with van der Waals surface area (Å²) in [7, 11) is 1.56. The summed E-state index contributed by atoms with van der Waals surface area (Å²) < 4.78 is 43.7. The topological polar surface area (TPSA) is 29.5 Å². The molecule has 1 aliphatic carbocycles. The van der Waals surface area contributed by atoms with Gasteiger partial charge in [-0.1, -0.05) is 25.3 Å². The molecule has 1 atom stereocenters. The fourth-order valence-corrected chi connectivity index (χ4v) is 3.18. The van der Waals surface area contributed by atoms with Crippen LogP contribution in [0.5, 0.6) is 0 Å². The van der Waals surface area contributed by atoms with Crippen molar-refractivity contribution in [3.63, 3.8) is 0 Å². The van der Waals surface area contributed by atoms with Gasteiger partial charge in [-0.2, -0.15) is 13.2 Å². The highest BCUT2D eigenvalue weighted by Gasteiger charge is 2.41. The van der Waals surface area contributed by atoms with Crippen LogP contribution >= 0.6 is 0 Å². The standard InChI is InChI=1S/C16H21F3O2/c1-11-10-12(16(17,18)19)6-7-13(11)14(20)15(21-2)8-4-3-5-9-15/h6-7,10,14,20H,3-5,8-9H2,1-2H3. The first-order chi connectivity index (χ1) is 9.80. The molecular formula is C16H21F3O2. The van der Waals surface area contributed by atoms with Crippen molar-refractivity contribution in [3.05, 3.63) is 34.9 Å². The van der Waals surface area contributed by atoms with Crippen LogP contribution < -0.4 is 0 Å². The molecule has 0 heterocycles. The molecule has 0 aromatic heterocycles. The Labute approximate surface area is 122 Å². The average molecular weight is 302 g/mol. The molecule has 0 amide bonds. The fourth-order valence-electron chi connectivity index (χ4n) is 3.18. The zero-order valence-corrected chi connectivity index (χ0v) is 12.3. The molecule has 0 bridgehead atoms. The zero-order chi connectivity index (χ0) is 15.7. The maximum Gasteiger partial charge on any atom is 0.416 e. The average Bonchev–Trinajstić information content (AvgIpc) is 2.46. The van der Waals surface area contributed by atoms with Crippen molar-refractivity contribution in [1.82, 2.24) is 0 Å². The molecule has 0 aliphatic heterocycles. The molecule has 1 aromatic rings. The number of aliphatic hydroxyl groups is 1. The van der Waals surface area contributed by atoms with Crippen LogP contribution in [0.4, 0.5) is 13.2 Å². The first-order valence-electron chi connectivity index (χ1n) is 7.21. The van der Waals surface area contributed by atoms with Crippen LogP contribution in [0, 0.1) is 6.92 Å². The highest BCUT2D eigenvalue weighted by molar-refractivity contribution is 5.35. The Kier molecular flexibility index (Phi) is 4.63. The number of alkyl halides is 3. The van der Waals surface area contributed by atoms with Gasteiger partial charge in [-0.25, -0.2) is 0 Å². The summed E-state index contributed by atoms with van der Waals surface area (Å²) in [5, 5.41) is 10.7. The van der Waals surface area contributed by atoms with E-state index in [1.807, 2.05) is 0 Å². The molecule has 1 saturated carbocycles. The molecule has 0 spiro atoms. The third-order valence-corrected chi connectivity index (χ3v) is 4.50. The highest BCUT2D eigenvalue weighted by Crippen LogP contribution is 2.42. The largest absolute Gasteiger partial charge is 0.416 e. The van der Waals surface area contributed by atoms with Crippen LogP contribution in [-0.4, -0.2) is 17.8 Å². The van der Waals surface area contributed by atoms with Crippen molar-refractivity contribution in [2.24, 2.45) is 0 Å². The molecule has 1 aliphatic rings. The summed E-state index contributed by atoms with van der Waals surface area (Å²) in [4.78, 5) is 0. The number of ether oxygens (including phenoxy) is 1. The summed E-state index contributed by atoms with van der Waals surface area (Å²) in [6.45, 7) is 1.60. The van der Waals surface area contributed by atoms with Gasteiger partial charge < -0.3 is 9.84 Å². The van der Waals surface area contributed by atoms with Gasteiger partial charge in [-0.3, -0.25) is 0 Å². The number of rotatable bonds is 3. The number of hydrogen-bond donors (Lipinski definition) is 1. The Hall–Kier alpha value is -1.07. The van der Waals surface area contributed by atoms with Crippen LogP contribution in [0.1, 0.15) is 54.9 Å². The van der Waals surface area contributed by atoms with Gasteiger partial charge in [0.25, 0.3) is 0 Å². The molecular weight excluding hydrogens is 281 g/mol. The van der Waals surface area contributed by atoms with Crippen LogP contribution in [0.25, 0.3) is 0 Å². The summed E-state index contributed by atoms with van der Waals surface area (Å²) in [6, 6.07) is 3.49. The van der Waals surface area contributed by atoms with Crippen molar-refractivity contribution in [2.45, 2.75) is 56.9 Å². The van der Waals surface area contributed by atoms with Crippen molar-refractivity contribution < 1.29 is 23.0 Å². The lowest BCUT2D eigenvalue weighted by Gasteiger charge is -2.40. The van der Waals surface area contributed by atoms with Gasteiger partial charge in [0.2, 0.25) is 0 Å². The number of halogens is 3. The van der Waals surface area contributed by atoms with E-state index < -0.39 is 23.4 Å². The number of aryl methyl sites for hydroxylation is 1. The number of benzene rings is 1. The summed E-state index contributed by atoms with van der Waals surface area (Å²) in [5.41, 5.74) is -0.403. The van der Waals surface area contributed by atoms with E-state index in [0.29, 0.717) is 11.1 Å². The quantitative estimate of drug-likeness (QED) is 0.897. The maximum atomic E-state index is 12.7. The number of hydrogen-bond acceptors (Lipinski definition) is 2. The minimum atomic E-state index is -4.36. The minimum absolute atomic E-state index is 0.444. The molecule has 5 heteroatoms. The van der Waals surface area contributed by atoms with E-state index in [4.69, 9.17) is 4.74 Å². The highest BCUT2D eigenvalue weighted by atomic mass is 19.4. The van der Waals surface area contributed by atoms with Crippen molar-refractivity contribution >= 4 is 0 Å². The fraction of sp³-hybridized carbons (Fsp3) is 0.625. The van der Waals surface area contributed by atoms with Gasteiger partial charge in [0.15, 0.2) is 0 Å². The SMILES string of the molecule is COC1(C(O)c2ccc(C(F)(F)F)cc2C)CCCCC1. The van der Waals surface area contributed by atoms with Gasteiger partial charge in [0.05, 0.1) is 11.2 Å². The molecule has 1 fully saturated rings. The molecule has 2 rings (SSSR count). The Bertz CT molecular complexity index is 491. The Morgan fingerprint density at radius 2 is 1.81 bits per heavy atom. The first-order valence-corrected chi connectivity index (χ1v) is 7.21. The van der Waals surface area contributed by atoms with E-state index in [2.05, 4.69) is 0 Å². The normalized spacial score (nSPS) is 20.3. The van der Waals surface area contributed by atoms with Gasteiger partial charge in [0, 0.05) is 7.11 Å². The second kappa shape index (κ2) is 5.97. The van der Waals surface area contributed by atoms with E-state index >= 15 is 0 Å². The van der Waals surface area contributed by atoms with E-state index in [0.717, 1.165) is 44.2 Å². The number of methoxy groups -OCH3 is 1. The van der Waals surface area contributed by atoms with E-state index in [1.54, 1.807) is 14.0 Å². The second-order valence-electron chi connectivity index (χ2n) is 5.80. The van der Waals surface area contributed by atoms with Crippen LogP contribution in [0.2, 0.25) is 0 Å². The van der Waals surface area contributed by atoms with Gasteiger partial charge >= 0.3 is 6.18 Å². The lowest BCUT2D eigenvalue weighted by atomic mass is 9.77. The van der Waals surface area contributed by atoms with Crippen molar-refractivity contribution in [3.8, 4) is 0 Å². The Balaban J connectivity index is 2.32. The Morgan fingerprint density at radius 3 is 2.29 bits per heavy atom. The lowest BCUT2D eigenvalue weighted by Crippen LogP contribution is -2.40. The van der Waals surface area contributed by atoms with Crippen molar-refractivity contribution in [1.29, 1.82) is 0 Å². The Morgan fingerprint density at radius 1 is 1.19 bits per heavy atom. The maximum absolute atomic E-state index is 12.7. The second-order valence-corrected chi connectivity index (χ2v) is 5.80. The van der Waals surface area contributed by atoms with Crippen LogP contribution in [0.3, 0.4) is 0 Å². The molecule has 118 valence electrons. The lowest BCUT2D eigenvalue weighted by molar-refractivity contribution is -0.137. The third-order valence-electron chi connectivity index (χ3n) is 4.50. The van der Waals surface area contributed by atoms with E-state index in [1.165, 1.54) is 6.07 Å². The molecule has 1 N–H and O–H groups in total. The third kappa shape index (κ3) is 3.24. The van der Waals surface area contributed by atoms with Crippen LogP contribution in [-0.2, 0) is 10.9 Å². The van der Waals surface area contributed by atoms with Crippen LogP contribution in [0.15, 0.2) is 18.2 Å². The first kappa shape index (κ1) is 16.3. The predicted octanol–water partition coefficient (Wildman–Crippen LogP) is 4.40. The molecule has 0 radical (unpaired) electrons. The smallest absolute Gasteiger partial charge is 0.385 e. The van der Waals surface area contributed by atoms with Crippen molar-refractivity contribution in [2.75, 3.05) is 7.11 Å². The number of aliphatic hydroxyl groups excluding tert-OH is 1. The molecule has 1 aromatic carbocycles. The van der Waals surface area contributed by atoms with E-state index in [-0.39, 0.29) is 0 Å². The van der Waals surface area contributed by atoms with Gasteiger partial charge in [-0.15, -0.1) is 0 Å². The predicted molar refractivity (Wildman–Crippen MR) is 74.0 cm³/mol. The summed E-state index contributed by atoms with van der Waals surface area (Å²) in [6.07, 6.45) is -0.780. The minimum Gasteiger partial charge on any atom is -0.385 e.